The van der Waals surface area contributed by atoms with Gasteiger partial charge in [0.15, 0.2) is 5.82 Å². The van der Waals surface area contributed by atoms with Crippen LogP contribution in [0.1, 0.15) is 16.8 Å². The van der Waals surface area contributed by atoms with Gasteiger partial charge in [0.1, 0.15) is 12.4 Å². The van der Waals surface area contributed by atoms with Crippen LogP contribution in [-0.4, -0.2) is 74.3 Å². The van der Waals surface area contributed by atoms with Crippen molar-refractivity contribution in [1.82, 2.24) is 35.1 Å². The molecule has 0 saturated carbocycles. The maximum Gasteiger partial charge on any atom is 0.254 e. The molecule has 0 radical (unpaired) electrons. The Morgan fingerprint density at radius 3 is 2.96 bits per heavy atom. The topological polar surface area (TPSA) is 102 Å². The SMILES string of the molecule is CN(C)c1cncc(OC2CCN(C(=O)c3cccc(-n4cnnn4)c3)C2)n1. The lowest BCUT2D eigenvalue weighted by Crippen LogP contribution is -2.31. The summed E-state index contributed by atoms with van der Waals surface area (Å²) in [6.07, 6.45) is 5.39. The predicted molar refractivity (Wildman–Crippen MR) is 100 cm³/mol. The minimum atomic E-state index is -0.113. The summed E-state index contributed by atoms with van der Waals surface area (Å²) in [6.45, 7) is 1.13. The molecule has 1 fully saturated rings. The van der Waals surface area contributed by atoms with Crippen LogP contribution in [0, 0.1) is 0 Å². The largest absolute Gasteiger partial charge is 0.471 e. The van der Waals surface area contributed by atoms with E-state index in [1.54, 1.807) is 29.4 Å². The van der Waals surface area contributed by atoms with Gasteiger partial charge in [-0.25, -0.2) is 4.68 Å². The lowest BCUT2D eigenvalue weighted by molar-refractivity contribution is 0.0771. The lowest BCUT2D eigenvalue weighted by atomic mass is 10.2. The van der Waals surface area contributed by atoms with Crippen molar-refractivity contribution >= 4 is 11.7 Å². The van der Waals surface area contributed by atoms with Crippen molar-refractivity contribution in [3.63, 3.8) is 0 Å². The Hall–Kier alpha value is -3.56. The van der Waals surface area contributed by atoms with E-state index in [1.165, 1.54) is 11.0 Å². The van der Waals surface area contributed by atoms with E-state index >= 15 is 0 Å². The summed E-state index contributed by atoms with van der Waals surface area (Å²) in [5, 5.41) is 11.1. The number of carbonyl (C=O) groups excluding carboxylic acids is 1. The summed E-state index contributed by atoms with van der Waals surface area (Å²) in [6, 6.07) is 7.23. The molecule has 1 atom stereocenters. The molecule has 28 heavy (non-hydrogen) atoms. The number of amides is 1. The van der Waals surface area contributed by atoms with Crippen molar-refractivity contribution < 1.29 is 9.53 Å². The van der Waals surface area contributed by atoms with Crippen LogP contribution >= 0.6 is 0 Å². The molecule has 10 heteroatoms. The number of rotatable bonds is 5. The molecule has 3 heterocycles. The molecule has 0 aliphatic carbocycles. The first-order valence-electron chi connectivity index (χ1n) is 8.89. The fraction of sp³-hybridized carbons (Fsp3) is 0.333. The second-order valence-electron chi connectivity index (χ2n) is 6.69. The van der Waals surface area contributed by atoms with Crippen molar-refractivity contribution in [3.05, 3.63) is 48.5 Å². The van der Waals surface area contributed by atoms with E-state index in [9.17, 15) is 4.79 Å². The number of tetrazole rings is 1. The first-order chi connectivity index (χ1) is 13.6. The standard InChI is InChI=1S/C18H20N8O2/c1-24(2)16-9-19-10-17(21-16)28-15-6-7-25(11-15)18(27)13-4-3-5-14(8-13)26-12-20-22-23-26/h3-5,8-10,12,15H,6-7,11H2,1-2H3. The zero-order valence-corrected chi connectivity index (χ0v) is 15.6. The number of aromatic nitrogens is 6. The van der Waals surface area contributed by atoms with Gasteiger partial charge in [-0.3, -0.25) is 9.78 Å². The summed E-state index contributed by atoms with van der Waals surface area (Å²) in [7, 11) is 3.79. The summed E-state index contributed by atoms with van der Waals surface area (Å²) < 4.78 is 7.46. The third-order valence-electron chi connectivity index (χ3n) is 4.48. The maximum atomic E-state index is 12.9. The highest BCUT2D eigenvalue weighted by Crippen LogP contribution is 2.20. The van der Waals surface area contributed by atoms with Gasteiger partial charge in [0.2, 0.25) is 5.88 Å². The smallest absolute Gasteiger partial charge is 0.254 e. The van der Waals surface area contributed by atoms with Crippen molar-refractivity contribution in [2.45, 2.75) is 12.5 Å². The summed E-state index contributed by atoms with van der Waals surface area (Å²) in [4.78, 5) is 25.1. The second-order valence-corrected chi connectivity index (χ2v) is 6.69. The number of hydrogen-bond donors (Lipinski definition) is 0. The second kappa shape index (κ2) is 7.59. The lowest BCUT2D eigenvalue weighted by Gasteiger charge is -2.18. The van der Waals surface area contributed by atoms with E-state index in [0.717, 1.165) is 17.9 Å². The molecule has 1 aliphatic heterocycles. The van der Waals surface area contributed by atoms with Gasteiger partial charge in [0.25, 0.3) is 5.91 Å². The van der Waals surface area contributed by atoms with Gasteiger partial charge in [0.05, 0.1) is 24.6 Å². The van der Waals surface area contributed by atoms with Crippen LogP contribution in [0.2, 0.25) is 0 Å². The monoisotopic (exact) mass is 380 g/mol. The first kappa shape index (κ1) is 17.8. The van der Waals surface area contributed by atoms with E-state index in [4.69, 9.17) is 4.74 Å². The van der Waals surface area contributed by atoms with Crippen molar-refractivity contribution in [2.24, 2.45) is 0 Å². The third kappa shape index (κ3) is 3.75. The Balaban J connectivity index is 1.42. The van der Waals surface area contributed by atoms with Crippen LogP contribution in [0.5, 0.6) is 5.88 Å². The first-order valence-corrected chi connectivity index (χ1v) is 8.89. The van der Waals surface area contributed by atoms with E-state index < -0.39 is 0 Å². The number of likely N-dealkylation sites (tertiary alicyclic amines) is 1. The molecule has 0 bridgehead atoms. The fourth-order valence-electron chi connectivity index (χ4n) is 3.03. The summed E-state index contributed by atoms with van der Waals surface area (Å²) in [5.41, 5.74) is 1.32. The molecule has 0 spiro atoms. The minimum absolute atomic E-state index is 0.0471. The van der Waals surface area contributed by atoms with Crippen LogP contribution in [0.3, 0.4) is 0 Å². The Bertz CT molecular complexity index is 960. The Labute approximate surface area is 161 Å². The van der Waals surface area contributed by atoms with Gasteiger partial charge in [-0.15, -0.1) is 5.10 Å². The average molecular weight is 380 g/mol. The highest BCUT2D eigenvalue weighted by atomic mass is 16.5. The van der Waals surface area contributed by atoms with Crippen molar-refractivity contribution in [3.8, 4) is 11.6 Å². The van der Waals surface area contributed by atoms with Gasteiger partial charge >= 0.3 is 0 Å². The number of ether oxygens (including phenoxy) is 1. The molecule has 1 aromatic carbocycles. The Kier molecular flexibility index (Phi) is 4.83. The predicted octanol–water partition coefficient (Wildman–Crippen LogP) is 0.812. The summed E-state index contributed by atoms with van der Waals surface area (Å²) in [5.74, 6) is 1.14. The molecular formula is C18H20N8O2. The van der Waals surface area contributed by atoms with Gasteiger partial charge in [-0.2, -0.15) is 4.98 Å². The third-order valence-corrected chi connectivity index (χ3v) is 4.48. The zero-order valence-electron chi connectivity index (χ0n) is 15.6. The average Bonchev–Trinajstić information content (AvgIpc) is 3.40. The van der Waals surface area contributed by atoms with Crippen LogP contribution in [0.25, 0.3) is 5.69 Å². The highest BCUT2D eigenvalue weighted by molar-refractivity contribution is 5.95. The zero-order chi connectivity index (χ0) is 19.5. The van der Waals surface area contributed by atoms with Crippen LogP contribution in [-0.2, 0) is 0 Å². The van der Waals surface area contributed by atoms with Crippen LogP contribution in [0.4, 0.5) is 5.82 Å². The molecule has 4 rings (SSSR count). The van der Waals surface area contributed by atoms with Gasteiger partial charge < -0.3 is 14.5 Å². The number of anilines is 1. The maximum absolute atomic E-state index is 12.9. The molecule has 10 nitrogen and oxygen atoms in total. The molecule has 1 saturated heterocycles. The van der Waals surface area contributed by atoms with E-state index in [1.807, 2.05) is 31.1 Å². The molecule has 0 N–H and O–H groups in total. The highest BCUT2D eigenvalue weighted by Gasteiger charge is 2.29. The molecule has 2 aromatic heterocycles. The molecule has 144 valence electrons. The quantitative estimate of drug-likeness (QED) is 0.641. The van der Waals surface area contributed by atoms with Gasteiger partial charge in [-0.05, 0) is 28.6 Å². The van der Waals surface area contributed by atoms with E-state index in [0.29, 0.717) is 24.5 Å². The van der Waals surface area contributed by atoms with Crippen molar-refractivity contribution in [2.75, 3.05) is 32.1 Å². The number of carbonyl (C=O) groups is 1. The molecule has 3 aromatic rings. The molecule has 1 unspecified atom stereocenters. The van der Waals surface area contributed by atoms with Crippen LogP contribution < -0.4 is 9.64 Å². The molecule has 1 aliphatic rings. The van der Waals surface area contributed by atoms with E-state index in [2.05, 4.69) is 25.5 Å². The normalized spacial score (nSPS) is 16.2. The Morgan fingerprint density at radius 2 is 2.18 bits per heavy atom. The Morgan fingerprint density at radius 1 is 1.29 bits per heavy atom. The van der Waals surface area contributed by atoms with Crippen LogP contribution in [0.15, 0.2) is 43.0 Å². The van der Waals surface area contributed by atoms with E-state index in [-0.39, 0.29) is 12.0 Å². The molecule has 1 amide bonds. The number of benzene rings is 1. The number of nitrogens with zero attached hydrogens (tertiary/aromatic N) is 8. The molecular weight excluding hydrogens is 360 g/mol. The minimum Gasteiger partial charge on any atom is -0.471 e. The van der Waals surface area contributed by atoms with Crippen molar-refractivity contribution in [1.29, 1.82) is 0 Å². The fourth-order valence-corrected chi connectivity index (χ4v) is 3.03. The van der Waals surface area contributed by atoms with Gasteiger partial charge in [0, 0.05) is 32.6 Å². The summed E-state index contributed by atoms with van der Waals surface area (Å²) >= 11 is 0. The van der Waals surface area contributed by atoms with Gasteiger partial charge in [-0.1, -0.05) is 6.07 Å². The number of hydrogen-bond acceptors (Lipinski definition) is 8.